The van der Waals surface area contributed by atoms with E-state index in [0.29, 0.717) is 17.4 Å². The molecule has 0 fully saturated rings. The lowest BCUT2D eigenvalue weighted by atomic mass is 9.59. The summed E-state index contributed by atoms with van der Waals surface area (Å²) in [4.78, 5) is 0. The predicted octanol–water partition coefficient (Wildman–Crippen LogP) is 7.83. The molecule has 0 amide bonds. The number of benzene rings is 1. The van der Waals surface area contributed by atoms with Crippen LogP contribution >= 0.6 is 0 Å². The molecule has 0 radical (unpaired) electrons. The van der Waals surface area contributed by atoms with E-state index in [9.17, 15) is 10.2 Å². The van der Waals surface area contributed by atoms with Crippen LogP contribution in [0.15, 0.2) is 58.9 Å². The summed E-state index contributed by atoms with van der Waals surface area (Å²) in [7, 11) is 0. The first-order chi connectivity index (χ1) is 13.3. The standard InChI is InChI=1S/C27H38O2/c1-25(2,3)23-16-21(17-27(7,24(23)29)26(4,5)6)20-10-8-18(9-11-20)19-12-14-22(28)15-13-19/h10,12-15,17-18,28-29H,8-9,11,16H2,1-7H3. The Labute approximate surface area is 177 Å². The van der Waals surface area contributed by atoms with E-state index >= 15 is 0 Å². The summed E-state index contributed by atoms with van der Waals surface area (Å²) in [6.07, 6.45) is 8.83. The Morgan fingerprint density at radius 2 is 1.55 bits per heavy atom. The molecule has 158 valence electrons. The molecule has 2 nitrogen and oxygen atoms in total. The number of phenols is 1. The number of rotatable bonds is 2. The Bertz CT molecular complexity index is 853. The number of hydrogen-bond donors (Lipinski definition) is 2. The van der Waals surface area contributed by atoms with Gasteiger partial charge < -0.3 is 10.2 Å². The topological polar surface area (TPSA) is 40.5 Å². The average molecular weight is 395 g/mol. The molecule has 0 bridgehead atoms. The minimum atomic E-state index is -0.363. The fourth-order valence-corrected chi connectivity index (χ4v) is 4.63. The number of phenolic OH excluding ortho intramolecular Hbond substituents is 1. The lowest BCUT2D eigenvalue weighted by Gasteiger charge is -2.45. The molecular weight excluding hydrogens is 356 g/mol. The highest BCUT2D eigenvalue weighted by Gasteiger charge is 2.45. The number of aliphatic hydroxyl groups excluding tert-OH is 1. The summed E-state index contributed by atoms with van der Waals surface area (Å²) in [6, 6.07) is 7.67. The van der Waals surface area contributed by atoms with E-state index in [1.807, 2.05) is 12.1 Å². The lowest BCUT2D eigenvalue weighted by molar-refractivity contribution is 0.130. The lowest BCUT2D eigenvalue weighted by Crippen LogP contribution is -2.37. The summed E-state index contributed by atoms with van der Waals surface area (Å²) < 4.78 is 0. The van der Waals surface area contributed by atoms with Crippen molar-refractivity contribution in [2.75, 3.05) is 0 Å². The van der Waals surface area contributed by atoms with Crippen LogP contribution in [0.1, 0.15) is 85.6 Å². The molecular formula is C27H38O2. The SMILES string of the molecule is CC(C)(C)C1=C(O)C(C)(C(C)(C)C)C=C(C2=CCC(c3ccc(O)cc3)CC2)C1. The summed E-state index contributed by atoms with van der Waals surface area (Å²) in [5, 5.41) is 20.8. The zero-order valence-electron chi connectivity index (χ0n) is 19.3. The second-order valence-corrected chi connectivity index (χ2v) is 11.2. The smallest absolute Gasteiger partial charge is 0.115 e. The monoisotopic (exact) mass is 394 g/mol. The Balaban J connectivity index is 1.92. The molecule has 2 unspecified atom stereocenters. The van der Waals surface area contributed by atoms with Gasteiger partial charge in [-0.3, -0.25) is 0 Å². The van der Waals surface area contributed by atoms with E-state index in [1.54, 1.807) is 12.1 Å². The van der Waals surface area contributed by atoms with Gasteiger partial charge in [0.1, 0.15) is 11.5 Å². The van der Waals surface area contributed by atoms with Gasteiger partial charge in [-0.15, -0.1) is 0 Å². The Morgan fingerprint density at radius 1 is 0.931 bits per heavy atom. The first kappa shape index (κ1) is 21.7. The van der Waals surface area contributed by atoms with E-state index in [4.69, 9.17) is 0 Å². The van der Waals surface area contributed by atoms with E-state index in [1.165, 1.54) is 22.3 Å². The highest BCUT2D eigenvalue weighted by atomic mass is 16.3. The predicted molar refractivity (Wildman–Crippen MR) is 122 cm³/mol. The van der Waals surface area contributed by atoms with Crippen LogP contribution in [0.3, 0.4) is 0 Å². The third-order valence-electron chi connectivity index (χ3n) is 7.26. The second-order valence-electron chi connectivity index (χ2n) is 11.2. The van der Waals surface area contributed by atoms with Crippen LogP contribution in [0, 0.1) is 16.2 Å². The van der Waals surface area contributed by atoms with Gasteiger partial charge in [0.2, 0.25) is 0 Å². The quantitative estimate of drug-likeness (QED) is 0.536. The van der Waals surface area contributed by atoms with Gasteiger partial charge in [-0.05, 0) is 83.8 Å². The van der Waals surface area contributed by atoms with E-state index in [0.717, 1.165) is 25.7 Å². The highest BCUT2D eigenvalue weighted by molar-refractivity contribution is 5.46. The van der Waals surface area contributed by atoms with Crippen molar-refractivity contribution in [3.05, 3.63) is 64.5 Å². The van der Waals surface area contributed by atoms with Crippen LogP contribution in [0.4, 0.5) is 0 Å². The van der Waals surface area contributed by atoms with Crippen molar-refractivity contribution in [1.29, 1.82) is 0 Å². The molecule has 0 heterocycles. The van der Waals surface area contributed by atoms with Gasteiger partial charge in [0.15, 0.2) is 0 Å². The number of hydrogen-bond acceptors (Lipinski definition) is 2. The van der Waals surface area contributed by atoms with Crippen molar-refractivity contribution in [2.24, 2.45) is 16.2 Å². The van der Waals surface area contributed by atoms with Gasteiger partial charge in [0.25, 0.3) is 0 Å². The van der Waals surface area contributed by atoms with Crippen LogP contribution in [0.5, 0.6) is 5.75 Å². The number of allylic oxidation sites excluding steroid dienone is 5. The van der Waals surface area contributed by atoms with Crippen LogP contribution in [-0.4, -0.2) is 10.2 Å². The van der Waals surface area contributed by atoms with Crippen LogP contribution in [0.2, 0.25) is 0 Å². The van der Waals surface area contributed by atoms with Crippen molar-refractivity contribution in [1.82, 2.24) is 0 Å². The molecule has 29 heavy (non-hydrogen) atoms. The summed E-state index contributed by atoms with van der Waals surface area (Å²) >= 11 is 0. The minimum absolute atomic E-state index is 0.0556. The molecule has 2 atom stereocenters. The van der Waals surface area contributed by atoms with Crippen molar-refractivity contribution >= 4 is 0 Å². The molecule has 1 aromatic carbocycles. The first-order valence-corrected chi connectivity index (χ1v) is 11.0. The summed E-state index contributed by atoms with van der Waals surface area (Å²) in [5.41, 5.74) is 4.84. The van der Waals surface area contributed by atoms with Crippen LogP contribution < -0.4 is 0 Å². The van der Waals surface area contributed by atoms with E-state index < -0.39 is 0 Å². The zero-order chi connectivity index (χ0) is 21.6. The number of aliphatic hydroxyl groups is 1. The van der Waals surface area contributed by atoms with Gasteiger partial charge >= 0.3 is 0 Å². The second kappa shape index (κ2) is 7.38. The fourth-order valence-electron chi connectivity index (χ4n) is 4.63. The molecule has 0 spiro atoms. The summed E-state index contributed by atoms with van der Waals surface area (Å²) in [5.74, 6) is 1.42. The third-order valence-corrected chi connectivity index (χ3v) is 7.26. The van der Waals surface area contributed by atoms with Gasteiger partial charge in [0.05, 0.1) is 0 Å². The Morgan fingerprint density at radius 3 is 2.03 bits per heavy atom. The van der Waals surface area contributed by atoms with Gasteiger partial charge in [0, 0.05) is 5.41 Å². The normalized spacial score (nSPS) is 26.2. The molecule has 1 aromatic rings. The largest absolute Gasteiger partial charge is 0.511 e. The van der Waals surface area contributed by atoms with Gasteiger partial charge in [-0.25, -0.2) is 0 Å². The van der Waals surface area contributed by atoms with Gasteiger partial charge in [-0.1, -0.05) is 65.8 Å². The van der Waals surface area contributed by atoms with Gasteiger partial charge in [-0.2, -0.15) is 0 Å². The van der Waals surface area contributed by atoms with Crippen molar-refractivity contribution < 1.29 is 10.2 Å². The maximum atomic E-state index is 11.3. The molecule has 0 saturated heterocycles. The molecule has 2 aliphatic carbocycles. The van der Waals surface area contributed by atoms with Crippen molar-refractivity contribution in [2.45, 2.75) is 80.1 Å². The first-order valence-electron chi connectivity index (χ1n) is 11.0. The average Bonchev–Trinajstić information content (AvgIpc) is 2.63. The van der Waals surface area contributed by atoms with Crippen molar-refractivity contribution in [3.63, 3.8) is 0 Å². The van der Waals surface area contributed by atoms with E-state index in [2.05, 4.69) is 60.6 Å². The highest BCUT2D eigenvalue weighted by Crippen LogP contribution is 2.54. The number of aromatic hydroxyl groups is 1. The minimum Gasteiger partial charge on any atom is -0.511 e. The molecule has 2 N–H and O–H groups in total. The summed E-state index contributed by atoms with van der Waals surface area (Å²) in [6.45, 7) is 15.5. The molecule has 0 aliphatic heterocycles. The Hall–Kier alpha value is -1.96. The van der Waals surface area contributed by atoms with Crippen molar-refractivity contribution in [3.8, 4) is 5.75 Å². The molecule has 3 rings (SSSR count). The molecule has 2 heteroatoms. The maximum absolute atomic E-state index is 11.3. The zero-order valence-corrected chi connectivity index (χ0v) is 19.3. The molecule has 0 aromatic heterocycles. The Kier molecular flexibility index (Phi) is 5.53. The maximum Gasteiger partial charge on any atom is 0.115 e. The third kappa shape index (κ3) is 4.17. The van der Waals surface area contributed by atoms with E-state index in [-0.39, 0.29) is 16.2 Å². The van der Waals surface area contributed by atoms with Crippen LogP contribution in [0.25, 0.3) is 0 Å². The molecule has 2 aliphatic rings. The molecule has 0 saturated carbocycles. The fraction of sp³-hybridized carbons (Fsp3) is 0.556. The van der Waals surface area contributed by atoms with Crippen LogP contribution in [-0.2, 0) is 0 Å².